The maximum absolute atomic E-state index is 6.16. The van der Waals surface area contributed by atoms with Gasteiger partial charge in [0.25, 0.3) is 0 Å². The molecule has 0 aliphatic heterocycles. The number of rotatable bonds is 2. The van der Waals surface area contributed by atoms with E-state index in [-0.39, 0.29) is 5.92 Å². The molecule has 0 amide bonds. The number of anilines is 1. The highest BCUT2D eigenvalue weighted by Crippen LogP contribution is 2.30. The molecule has 94 valence electrons. The molecule has 1 aromatic heterocycles. The molecule has 0 fully saturated rings. The number of nitrogens with two attached hydrogens (primary N) is 1. The Hall–Kier alpha value is -1.32. The fraction of sp³-hybridized carbons (Fsp3) is 0.231. The van der Waals surface area contributed by atoms with E-state index in [1.54, 1.807) is 24.3 Å². The Labute approximate surface area is 116 Å². The highest BCUT2D eigenvalue weighted by atomic mass is 35.5. The summed E-state index contributed by atoms with van der Waals surface area (Å²) < 4.78 is 0. The topological polar surface area (TPSA) is 51.8 Å². The lowest BCUT2D eigenvalue weighted by Crippen LogP contribution is -2.03. The van der Waals surface area contributed by atoms with Gasteiger partial charge in [0.1, 0.15) is 11.6 Å². The average Bonchev–Trinajstić information content (AvgIpc) is 2.31. The van der Waals surface area contributed by atoms with E-state index in [0.29, 0.717) is 27.4 Å². The van der Waals surface area contributed by atoms with E-state index in [0.717, 1.165) is 5.56 Å². The Morgan fingerprint density at radius 3 is 2.50 bits per heavy atom. The van der Waals surface area contributed by atoms with Gasteiger partial charge in [-0.2, -0.15) is 0 Å². The second-order valence-electron chi connectivity index (χ2n) is 4.32. The first-order valence-electron chi connectivity index (χ1n) is 5.57. The van der Waals surface area contributed by atoms with Crippen molar-refractivity contribution < 1.29 is 0 Å². The molecule has 0 radical (unpaired) electrons. The van der Waals surface area contributed by atoms with Crippen molar-refractivity contribution in [3.63, 3.8) is 0 Å². The number of nitrogens with zero attached hydrogens (tertiary/aromatic N) is 2. The molecule has 0 saturated heterocycles. The maximum atomic E-state index is 6.16. The zero-order valence-electron chi connectivity index (χ0n) is 10.1. The summed E-state index contributed by atoms with van der Waals surface area (Å²) in [6, 6.07) is 6.95. The molecule has 5 heteroatoms. The van der Waals surface area contributed by atoms with Crippen molar-refractivity contribution in [2.24, 2.45) is 0 Å². The first-order chi connectivity index (χ1) is 8.47. The van der Waals surface area contributed by atoms with Gasteiger partial charge >= 0.3 is 0 Å². The van der Waals surface area contributed by atoms with Crippen LogP contribution in [0, 0.1) is 0 Å². The van der Waals surface area contributed by atoms with Crippen LogP contribution in [0.3, 0.4) is 0 Å². The molecule has 1 aromatic carbocycles. The number of halogens is 2. The number of hydrogen-bond acceptors (Lipinski definition) is 3. The minimum Gasteiger partial charge on any atom is -0.384 e. The lowest BCUT2D eigenvalue weighted by molar-refractivity contribution is 0.779. The third-order valence-corrected chi connectivity index (χ3v) is 3.05. The lowest BCUT2D eigenvalue weighted by Gasteiger charge is -2.09. The van der Waals surface area contributed by atoms with Crippen LogP contribution in [-0.2, 0) is 0 Å². The first-order valence-corrected chi connectivity index (χ1v) is 6.33. The molecule has 3 nitrogen and oxygen atoms in total. The van der Waals surface area contributed by atoms with E-state index in [1.807, 2.05) is 13.8 Å². The van der Waals surface area contributed by atoms with Gasteiger partial charge in [-0.25, -0.2) is 9.97 Å². The van der Waals surface area contributed by atoms with Crippen LogP contribution in [0.1, 0.15) is 25.6 Å². The molecule has 0 spiro atoms. The summed E-state index contributed by atoms with van der Waals surface area (Å²) in [5, 5.41) is 1.20. The SMILES string of the molecule is CC(C)c1nc(N)cc(-c2cc(Cl)ccc2Cl)n1. The van der Waals surface area contributed by atoms with Crippen molar-refractivity contribution in [3.05, 3.63) is 40.1 Å². The van der Waals surface area contributed by atoms with Crippen molar-refractivity contribution >= 4 is 29.0 Å². The van der Waals surface area contributed by atoms with Crippen molar-refractivity contribution in [3.8, 4) is 11.3 Å². The third kappa shape index (κ3) is 2.74. The second-order valence-corrected chi connectivity index (χ2v) is 5.16. The van der Waals surface area contributed by atoms with E-state index < -0.39 is 0 Å². The van der Waals surface area contributed by atoms with E-state index in [9.17, 15) is 0 Å². The Morgan fingerprint density at radius 2 is 1.83 bits per heavy atom. The van der Waals surface area contributed by atoms with Crippen LogP contribution in [0.4, 0.5) is 5.82 Å². The van der Waals surface area contributed by atoms with Crippen LogP contribution in [0.2, 0.25) is 10.0 Å². The summed E-state index contributed by atoms with van der Waals surface area (Å²) in [6.45, 7) is 4.02. The monoisotopic (exact) mass is 281 g/mol. The van der Waals surface area contributed by atoms with Gasteiger partial charge in [-0.15, -0.1) is 0 Å². The molecule has 2 rings (SSSR count). The largest absolute Gasteiger partial charge is 0.384 e. The number of aromatic nitrogens is 2. The minimum atomic E-state index is 0.199. The van der Waals surface area contributed by atoms with Crippen molar-refractivity contribution in [1.29, 1.82) is 0 Å². The Kier molecular flexibility index (Phi) is 3.73. The van der Waals surface area contributed by atoms with Crippen LogP contribution >= 0.6 is 23.2 Å². The normalized spacial score (nSPS) is 10.9. The number of benzene rings is 1. The highest BCUT2D eigenvalue weighted by molar-refractivity contribution is 6.35. The highest BCUT2D eigenvalue weighted by Gasteiger charge is 2.11. The Bertz CT molecular complexity index is 582. The fourth-order valence-corrected chi connectivity index (χ4v) is 1.96. The van der Waals surface area contributed by atoms with Crippen LogP contribution in [0.5, 0.6) is 0 Å². The summed E-state index contributed by atoms with van der Waals surface area (Å²) >= 11 is 12.1. The number of nitrogen functional groups attached to an aromatic ring is 1. The molecule has 0 unspecified atom stereocenters. The summed E-state index contributed by atoms with van der Waals surface area (Å²) in [5.41, 5.74) is 7.25. The molecule has 2 N–H and O–H groups in total. The maximum Gasteiger partial charge on any atom is 0.133 e. The molecular formula is C13H13Cl2N3. The van der Waals surface area contributed by atoms with Crippen molar-refractivity contribution in [2.75, 3.05) is 5.73 Å². The predicted octanol–water partition coefficient (Wildman–Crippen LogP) is 4.16. The summed E-state index contributed by atoms with van der Waals surface area (Å²) in [6.07, 6.45) is 0. The van der Waals surface area contributed by atoms with Gasteiger partial charge in [0.05, 0.1) is 10.7 Å². The smallest absolute Gasteiger partial charge is 0.133 e. The standard InChI is InChI=1S/C13H13Cl2N3/c1-7(2)13-17-11(6-12(16)18-13)9-5-8(14)3-4-10(9)15/h3-7H,1-2H3,(H2,16,17,18). The van der Waals surface area contributed by atoms with Gasteiger partial charge in [-0.1, -0.05) is 37.0 Å². The van der Waals surface area contributed by atoms with E-state index in [1.165, 1.54) is 0 Å². The molecule has 0 bridgehead atoms. The summed E-state index contributed by atoms with van der Waals surface area (Å²) in [7, 11) is 0. The van der Waals surface area contributed by atoms with E-state index >= 15 is 0 Å². The molecule has 18 heavy (non-hydrogen) atoms. The molecule has 2 aromatic rings. The van der Waals surface area contributed by atoms with Crippen LogP contribution in [0.15, 0.2) is 24.3 Å². The molecule has 0 aliphatic carbocycles. The van der Waals surface area contributed by atoms with Crippen molar-refractivity contribution in [2.45, 2.75) is 19.8 Å². The Balaban J connectivity index is 2.60. The van der Waals surface area contributed by atoms with Gasteiger partial charge < -0.3 is 5.73 Å². The quantitative estimate of drug-likeness (QED) is 0.899. The van der Waals surface area contributed by atoms with Crippen LogP contribution < -0.4 is 5.73 Å². The van der Waals surface area contributed by atoms with Crippen molar-refractivity contribution in [1.82, 2.24) is 9.97 Å². The zero-order chi connectivity index (χ0) is 13.3. The van der Waals surface area contributed by atoms with Crippen LogP contribution in [-0.4, -0.2) is 9.97 Å². The summed E-state index contributed by atoms with van der Waals surface area (Å²) in [4.78, 5) is 8.67. The van der Waals surface area contributed by atoms with Gasteiger partial charge in [-0.3, -0.25) is 0 Å². The van der Waals surface area contributed by atoms with Gasteiger partial charge in [0.15, 0.2) is 0 Å². The Morgan fingerprint density at radius 1 is 1.11 bits per heavy atom. The molecule has 0 saturated carbocycles. The minimum absolute atomic E-state index is 0.199. The van der Waals surface area contributed by atoms with E-state index in [4.69, 9.17) is 28.9 Å². The molecule has 0 aliphatic rings. The molecule has 0 atom stereocenters. The average molecular weight is 282 g/mol. The fourth-order valence-electron chi connectivity index (χ4n) is 1.58. The van der Waals surface area contributed by atoms with Gasteiger partial charge in [0, 0.05) is 22.6 Å². The third-order valence-electron chi connectivity index (χ3n) is 2.48. The van der Waals surface area contributed by atoms with Gasteiger partial charge in [-0.05, 0) is 18.2 Å². The molecule has 1 heterocycles. The van der Waals surface area contributed by atoms with Gasteiger partial charge in [0.2, 0.25) is 0 Å². The lowest BCUT2D eigenvalue weighted by atomic mass is 10.1. The second kappa shape index (κ2) is 5.12. The zero-order valence-corrected chi connectivity index (χ0v) is 11.6. The summed E-state index contributed by atoms with van der Waals surface area (Å²) in [5.74, 6) is 1.32. The van der Waals surface area contributed by atoms with E-state index in [2.05, 4.69) is 9.97 Å². The predicted molar refractivity (Wildman–Crippen MR) is 76.0 cm³/mol. The number of hydrogen-bond donors (Lipinski definition) is 1. The first kappa shape index (κ1) is 13.1. The van der Waals surface area contributed by atoms with Crippen LogP contribution in [0.25, 0.3) is 11.3 Å². The molecular weight excluding hydrogens is 269 g/mol.